The van der Waals surface area contributed by atoms with Crippen LogP contribution in [0.1, 0.15) is 26.4 Å². The van der Waals surface area contributed by atoms with Crippen LogP contribution in [0.3, 0.4) is 0 Å². The van der Waals surface area contributed by atoms with Crippen LogP contribution in [-0.2, 0) is 6.42 Å². The predicted octanol–water partition coefficient (Wildman–Crippen LogP) is 2.11. The largest absolute Gasteiger partial charge is 0.352 e. The van der Waals surface area contributed by atoms with E-state index in [4.69, 9.17) is 0 Å². The van der Waals surface area contributed by atoms with E-state index in [-0.39, 0.29) is 23.3 Å². The Bertz CT molecular complexity index is 747. The minimum Gasteiger partial charge on any atom is -0.352 e. The number of rotatable bonds is 7. The zero-order valence-corrected chi connectivity index (χ0v) is 13.1. The van der Waals surface area contributed by atoms with Gasteiger partial charge in [0.15, 0.2) is 0 Å². The highest BCUT2D eigenvalue weighted by Gasteiger charge is 2.11. The zero-order valence-electron chi connectivity index (χ0n) is 13.1. The standard InChI is InChI=1S/C18H18FN3O2/c1-2-9-21-18(24)16-12-14(8-10-20-16)17(23)22-11-7-13-5-3-4-6-15(13)19/h2-6,8,10,12H,1,7,9,11H2,(H,21,24)(H,22,23). The van der Waals surface area contributed by atoms with E-state index in [1.165, 1.54) is 24.4 Å². The SMILES string of the molecule is C=CCNC(=O)c1cc(C(=O)NCCc2ccccc2F)ccn1. The van der Waals surface area contributed by atoms with E-state index in [0.29, 0.717) is 30.6 Å². The number of halogens is 1. The molecule has 124 valence electrons. The Morgan fingerprint density at radius 1 is 1.17 bits per heavy atom. The molecule has 1 aromatic carbocycles. The average Bonchev–Trinajstić information content (AvgIpc) is 2.61. The van der Waals surface area contributed by atoms with Gasteiger partial charge in [-0.25, -0.2) is 4.39 Å². The summed E-state index contributed by atoms with van der Waals surface area (Å²) in [6, 6.07) is 9.36. The second-order valence-corrected chi connectivity index (χ2v) is 5.03. The molecule has 0 aliphatic rings. The van der Waals surface area contributed by atoms with Crippen LogP contribution < -0.4 is 10.6 Å². The molecule has 0 aliphatic heterocycles. The maximum absolute atomic E-state index is 13.5. The van der Waals surface area contributed by atoms with E-state index in [2.05, 4.69) is 22.2 Å². The van der Waals surface area contributed by atoms with Gasteiger partial charge in [0.2, 0.25) is 0 Å². The monoisotopic (exact) mass is 327 g/mol. The Labute approximate surface area is 139 Å². The fourth-order valence-corrected chi connectivity index (χ4v) is 2.07. The van der Waals surface area contributed by atoms with E-state index in [0.717, 1.165) is 0 Å². The number of amides is 2. The highest BCUT2D eigenvalue weighted by atomic mass is 19.1. The van der Waals surface area contributed by atoms with Crippen molar-refractivity contribution >= 4 is 11.8 Å². The number of aromatic nitrogens is 1. The molecule has 2 aromatic rings. The fourth-order valence-electron chi connectivity index (χ4n) is 2.07. The molecule has 2 rings (SSSR count). The molecule has 1 aromatic heterocycles. The summed E-state index contributed by atoms with van der Waals surface area (Å²) in [4.78, 5) is 27.9. The van der Waals surface area contributed by atoms with Crippen LogP contribution in [0.4, 0.5) is 4.39 Å². The highest BCUT2D eigenvalue weighted by Crippen LogP contribution is 2.07. The lowest BCUT2D eigenvalue weighted by atomic mass is 10.1. The van der Waals surface area contributed by atoms with Crippen molar-refractivity contribution in [2.75, 3.05) is 13.1 Å². The normalized spacial score (nSPS) is 10.0. The molecule has 0 radical (unpaired) electrons. The Morgan fingerprint density at radius 3 is 2.71 bits per heavy atom. The van der Waals surface area contributed by atoms with Crippen LogP contribution >= 0.6 is 0 Å². The van der Waals surface area contributed by atoms with Crippen molar-refractivity contribution in [2.45, 2.75) is 6.42 Å². The van der Waals surface area contributed by atoms with Gasteiger partial charge >= 0.3 is 0 Å². The van der Waals surface area contributed by atoms with Crippen molar-refractivity contribution in [2.24, 2.45) is 0 Å². The first kappa shape index (κ1) is 17.3. The summed E-state index contributed by atoms with van der Waals surface area (Å²) in [5.74, 6) is -1.01. The van der Waals surface area contributed by atoms with Gasteiger partial charge in [-0.2, -0.15) is 0 Å². The minimum absolute atomic E-state index is 0.151. The molecule has 0 fully saturated rings. The van der Waals surface area contributed by atoms with E-state index in [1.807, 2.05) is 0 Å². The van der Waals surface area contributed by atoms with E-state index < -0.39 is 0 Å². The van der Waals surface area contributed by atoms with Gasteiger partial charge in [-0.05, 0) is 30.2 Å². The van der Waals surface area contributed by atoms with Gasteiger partial charge in [-0.3, -0.25) is 14.6 Å². The molecule has 0 aliphatic carbocycles. The van der Waals surface area contributed by atoms with Crippen molar-refractivity contribution < 1.29 is 14.0 Å². The number of hydrogen-bond acceptors (Lipinski definition) is 3. The first-order valence-electron chi connectivity index (χ1n) is 7.48. The highest BCUT2D eigenvalue weighted by molar-refractivity contribution is 5.98. The number of hydrogen-bond donors (Lipinski definition) is 2. The van der Waals surface area contributed by atoms with Crippen LogP contribution in [0.15, 0.2) is 55.3 Å². The summed E-state index contributed by atoms with van der Waals surface area (Å²) < 4.78 is 13.5. The molecule has 2 amide bonds. The first-order valence-corrected chi connectivity index (χ1v) is 7.48. The van der Waals surface area contributed by atoms with Gasteiger partial charge in [0.25, 0.3) is 11.8 Å². The molecule has 24 heavy (non-hydrogen) atoms. The summed E-state index contributed by atoms with van der Waals surface area (Å²) in [6.07, 6.45) is 3.34. The zero-order chi connectivity index (χ0) is 17.4. The molecule has 0 spiro atoms. The van der Waals surface area contributed by atoms with E-state index in [9.17, 15) is 14.0 Å². The number of nitrogens with zero attached hydrogens (tertiary/aromatic N) is 1. The van der Waals surface area contributed by atoms with Crippen molar-refractivity contribution in [3.8, 4) is 0 Å². The Balaban J connectivity index is 1.94. The van der Waals surface area contributed by atoms with Crippen molar-refractivity contribution in [1.82, 2.24) is 15.6 Å². The second-order valence-electron chi connectivity index (χ2n) is 5.03. The molecule has 5 nitrogen and oxygen atoms in total. The van der Waals surface area contributed by atoms with Gasteiger partial charge in [0, 0.05) is 24.8 Å². The molecule has 0 atom stereocenters. The predicted molar refractivity (Wildman–Crippen MR) is 89.2 cm³/mol. The Kier molecular flexibility index (Phi) is 6.19. The van der Waals surface area contributed by atoms with Crippen molar-refractivity contribution in [1.29, 1.82) is 0 Å². The molecule has 1 heterocycles. The summed E-state index contributed by atoms with van der Waals surface area (Å²) in [5.41, 5.74) is 1.01. The van der Waals surface area contributed by atoms with Crippen LogP contribution in [0, 0.1) is 5.82 Å². The number of carbonyl (C=O) groups is 2. The fraction of sp³-hybridized carbons (Fsp3) is 0.167. The topological polar surface area (TPSA) is 71.1 Å². The first-order chi connectivity index (χ1) is 11.6. The molecule has 2 N–H and O–H groups in total. The van der Waals surface area contributed by atoms with Gasteiger partial charge in [-0.15, -0.1) is 6.58 Å². The lowest BCUT2D eigenvalue weighted by Crippen LogP contribution is -2.27. The minimum atomic E-state index is -0.379. The Morgan fingerprint density at radius 2 is 1.96 bits per heavy atom. The molecule has 6 heteroatoms. The summed E-state index contributed by atoms with van der Waals surface area (Å²) in [5, 5.41) is 5.30. The molecular weight excluding hydrogens is 309 g/mol. The van der Waals surface area contributed by atoms with Crippen LogP contribution in [0.5, 0.6) is 0 Å². The number of benzene rings is 1. The quantitative estimate of drug-likeness (QED) is 0.765. The third-order valence-electron chi connectivity index (χ3n) is 3.30. The summed E-state index contributed by atoms with van der Waals surface area (Å²) in [7, 11) is 0. The van der Waals surface area contributed by atoms with Gasteiger partial charge in [0.1, 0.15) is 11.5 Å². The van der Waals surface area contributed by atoms with Crippen molar-refractivity contribution in [3.63, 3.8) is 0 Å². The van der Waals surface area contributed by atoms with Crippen LogP contribution in [0.25, 0.3) is 0 Å². The maximum Gasteiger partial charge on any atom is 0.270 e. The number of carbonyl (C=O) groups excluding carboxylic acids is 2. The van der Waals surface area contributed by atoms with E-state index >= 15 is 0 Å². The summed E-state index contributed by atoms with van der Waals surface area (Å²) in [6.45, 7) is 4.12. The summed E-state index contributed by atoms with van der Waals surface area (Å²) >= 11 is 0. The maximum atomic E-state index is 13.5. The lowest BCUT2D eigenvalue weighted by molar-refractivity contribution is 0.0953. The molecular formula is C18H18FN3O2. The van der Waals surface area contributed by atoms with Crippen LogP contribution in [0.2, 0.25) is 0 Å². The molecule has 0 saturated carbocycles. The van der Waals surface area contributed by atoms with Crippen LogP contribution in [-0.4, -0.2) is 29.9 Å². The van der Waals surface area contributed by atoms with Gasteiger partial charge in [-0.1, -0.05) is 24.3 Å². The van der Waals surface area contributed by atoms with E-state index in [1.54, 1.807) is 24.3 Å². The molecule has 0 unspecified atom stereocenters. The number of pyridine rings is 1. The Hall–Kier alpha value is -3.02. The third kappa shape index (κ3) is 4.74. The van der Waals surface area contributed by atoms with Crippen molar-refractivity contribution in [3.05, 3.63) is 77.9 Å². The third-order valence-corrected chi connectivity index (χ3v) is 3.30. The second kappa shape index (κ2) is 8.57. The smallest absolute Gasteiger partial charge is 0.270 e. The van der Waals surface area contributed by atoms with Gasteiger partial charge < -0.3 is 10.6 Å². The van der Waals surface area contributed by atoms with Gasteiger partial charge in [0.05, 0.1) is 0 Å². The molecule has 0 bridgehead atoms. The number of nitrogens with one attached hydrogen (secondary N) is 2. The lowest BCUT2D eigenvalue weighted by Gasteiger charge is -2.07. The molecule has 0 saturated heterocycles. The average molecular weight is 327 g/mol.